The highest BCUT2D eigenvalue weighted by Crippen LogP contribution is 2.25. The molecule has 3 N–H and O–H groups in total. The van der Waals surface area contributed by atoms with Gasteiger partial charge in [0.1, 0.15) is 6.04 Å². The molecule has 0 radical (unpaired) electrons. The first-order valence-corrected chi connectivity index (χ1v) is 10.6. The van der Waals surface area contributed by atoms with Crippen LogP contribution < -0.4 is 5.32 Å². The first-order valence-electron chi connectivity index (χ1n) is 10.6. The molecular weight excluding hydrogens is 432 g/mol. The normalized spacial score (nSPS) is 16.8. The Labute approximate surface area is 188 Å². The van der Waals surface area contributed by atoms with Gasteiger partial charge in [-0.2, -0.15) is 0 Å². The zero-order chi connectivity index (χ0) is 23.5. The number of benzene rings is 2. The lowest BCUT2D eigenvalue weighted by atomic mass is 10.0. The van der Waals surface area contributed by atoms with Crippen LogP contribution in [0, 0.1) is 11.6 Å². The molecule has 33 heavy (non-hydrogen) atoms. The van der Waals surface area contributed by atoms with Gasteiger partial charge in [-0.25, -0.2) is 13.6 Å². The smallest absolute Gasteiger partial charge is 0.326 e. The van der Waals surface area contributed by atoms with E-state index in [2.05, 4.69) is 10.3 Å². The maximum atomic E-state index is 14.1. The number of carboxylic acids is 1. The number of fused-ring (bicyclic) bond motifs is 1. The lowest BCUT2D eigenvalue weighted by molar-refractivity contribution is -0.142. The molecule has 0 bridgehead atoms. The summed E-state index contributed by atoms with van der Waals surface area (Å²) in [5.74, 6) is -3.98. The van der Waals surface area contributed by atoms with Crippen LogP contribution in [0.2, 0.25) is 0 Å². The summed E-state index contributed by atoms with van der Waals surface area (Å²) in [6.07, 6.45) is 2.25. The number of H-pyrrole nitrogens is 1. The number of carbonyl (C=O) groups excluding carboxylic acids is 2. The Kier molecular flexibility index (Phi) is 6.39. The Morgan fingerprint density at radius 2 is 1.94 bits per heavy atom. The van der Waals surface area contributed by atoms with E-state index >= 15 is 0 Å². The highest BCUT2D eigenvalue weighted by Gasteiger charge is 2.34. The van der Waals surface area contributed by atoms with Crippen LogP contribution in [-0.2, 0) is 27.3 Å². The van der Waals surface area contributed by atoms with Crippen molar-refractivity contribution in [3.8, 4) is 0 Å². The molecule has 0 aliphatic carbocycles. The van der Waals surface area contributed by atoms with E-state index in [1.165, 1.54) is 17.0 Å². The van der Waals surface area contributed by atoms with E-state index in [4.69, 9.17) is 0 Å². The third kappa shape index (κ3) is 4.87. The quantitative estimate of drug-likeness (QED) is 0.486. The predicted octanol–water partition coefficient (Wildman–Crippen LogP) is 3.14. The molecule has 0 saturated carbocycles. The van der Waals surface area contributed by atoms with Crippen LogP contribution in [-0.4, -0.2) is 44.9 Å². The third-order valence-electron chi connectivity index (χ3n) is 5.98. The molecule has 2 amide bonds. The van der Waals surface area contributed by atoms with Crippen molar-refractivity contribution >= 4 is 28.7 Å². The van der Waals surface area contributed by atoms with Crippen molar-refractivity contribution in [1.82, 2.24) is 15.2 Å². The molecule has 0 spiro atoms. The van der Waals surface area contributed by atoms with Crippen LogP contribution in [0.15, 0.2) is 48.7 Å². The molecule has 7 nitrogen and oxygen atoms in total. The zero-order valence-corrected chi connectivity index (χ0v) is 17.7. The minimum Gasteiger partial charge on any atom is -0.480 e. The van der Waals surface area contributed by atoms with E-state index in [0.717, 1.165) is 22.5 Å². The second-order valence-corrected chi connectivity index (χ2v) is 8.15. The second-order valence-electron chi connectivity index (χ2n) is 8.15. The van der Waals surface area contributed by atoms with Crippen molar-refractivity contribution in [2.24, 2.45) is 0 Å². The number of nitrogens with zero attached hydrogens (tertiary/aromatic N) is 1. The average molecular weight is 455 g/mol. The Hall–Kier alpha value is -3.75. The van der Waals surface area contributed by atoms with Gasteiger partial charge in [0.2, 0.25) is 11.8 Å². The number of aromatic nitrogens is 1. The summed E-state index contributed by atoms with van der Waals surface area (Å²) >= 11 is 0. The lowest BCUT2D eigenvalue weighted by Crippen LogP contribution is -2.45. The maximum absolute atomic E-state index is 14.1. The molecule has 1 saturated heterocycles. The van der Waals surface area contributed by atoms with Crippen LogP contribution in [0.5, 0.6) is 0 Å². The SMILES string of the molecule is O=C(CC1CCC(=O)N1Cc1cccc(F)c1F)N[C@H](Cc1c[nH]c2ccccc12)C(=O)O. The van der Waals surface area contributed by atoms with Gasteiger partial charge in [0, 0.05) is 54.5 Å². The van der Waals surface area contributed by atoms with Crippen LogP contribution in [0.4, 0.5) is 8.78 Å². The Balaban J connectivity index is 1.42. The Bertz CT molecular complexity index is 1210. The Morgan fingerprint density at radius 3 is 2.73 bits per heavy atom. The summed E-state index contributed by atoms with van der Waals surface area (Å²) in [7, 11) is 0. The molecule has 3 aromatic rings. The minimum absolute atomic E-state index is 0.0263. The fraction of sp³-hybridized carbons (Fsp3) is 0.292. The number of aromatic amines is 1. The molecule has 1 unspecified atom stereocenters. The van der Waals surface area contributed by atoms with Crippen molar-refractivity contribution in [2.75, 3.05) is 0 Å². The van der Waals surface area contributed by atoms with Crippen molar-refractivity contribution in [3.63, 3.8) is 0 Å². The number of carbonyl (C=O) groups is 3. The number of hydrogen-bond donors (Lipinski definition) is 3. The molecular formula is C24H23F2N3O4. The van der Waals surface area contributed by atoms with Crippen molar-refractivity contribution < 1.29 is 28.3 Å². The summed E-state index contributed by atoms with van der Waals surface area (Å²) in [6.45, 7) is -0.155. The number of aliphatic carboxylic acids is 1. The number of para-hydroxylation sites is 1. The molecule has 1 aliphatic heterocycles. The van der Waals surface area contributed by atoms with Crippen LogP contribution >= 0.6 is 0 Å². The second kappa shape index (κ2) is 9.40. The molecule has 1 aromatic heterocycles. The molecule has 1 fully saturated rings. The largest absolute Gasteiger partial charge is 0.480 e. The predicted molar refractivity (Wildman–Crippen MR) is 116 cm³/mol. The van der Waals surface area contributed by atoms with Crippen LogP contribution in [0.1, 0.15) is 30.4 Å². The van der Waals surface area contributed by atoms with Gasteiger partial charge >= 0.3 is 5.97 Å². The number of likely N-dealkylation sites (tertiary alicyclic amines) is 1. The summed E-state index contributed by atoms with van der Waals surface area (Å²) in [5.41, 5.74) is 1.66. The van der Waals surface area contributed by atoms with Gasteiger partial charge in [0.15, 0.2) is 11.6 Å². The fourth-order valence-corrected chi connectivity index (χ4v) is 4.26. The first-order chi connectivity index (χ1) is 15.8. The Morgan fingerprint density at radius 1 is 1.15 bits per heavy atom. The van der Waals surface area contributed by atoms with Crippen molar-refractivity contribution in [2.45, 2.75) is 44.3 Å². The summed E-state index contributed by atoms with van der Waals surface area (Å²) in [6, 6.07) is 9.53. The molecule has 2 heterocycles. The standard InChI is InChI=1S/C24H23F2N3O4/c25-18-6-3-4-14(23(18)26)13-29-16(8-9-22(29)31)11-21(30)28-20(24(32)33)10-15-12-27-19-7-2-1-5-17(15)19/h1-7,12,16,20,27H,8-11,13H2,(H,28,30)(H,32,33)/t16?,20-/m1/s1. The fourth-order valence-electron chi connectivity index (χ4n) is 4.26. The summed E-state index contributed by atoms with van der Waals surface area (Å²) in [4.78, 5) is 41.2. The summed E-state index contributed by atoms with van der Waals surface area (Å²) in [5, 5.41) is 13.1. The van der Waals surface area contributed by atoms with Gasteiger partial charge in [0.05, 0.1) is 0 Å². The lowest BCUT2D eigenvalue weighted by Gasteiger charge is -2.25. The van der Waals surface area contributed by atoms with E-state index in [0.29, 0.717) is 6.42 Å². The van der Waals surface area contributed by atoms with E-state index in [9.17, 15) is 28.3 Å². The molecule has 4 rings (SSSR count). The van der Waals surface area contributed by atoms with Gasteiger partial charge in [-0.05, 0) is 24.1 Å². The van der Waals surface area contributed by atoms with Gasteiger partial charge in [-0.1, -0.05) is 30.3 Å². The third-order valence-corrected chi connectivity index (χ3v) is 5.98. The van der Waals surface area contributed by atoms with Crippen molar-refractivity contribution in [3.05, 3.63) is 71.4 Å². The van der Waals surface area contributed by atoms with E-state index in [-0.39, 0.29) is 37.3 Å². The zero-order valence-electron chi connectivity index (χ0n) is 17.7. The highest BCUT2D eigenvalue weighted by molar-refractivity contribution is 5.87. The van der Waals surface area contributed by atoms with E-state index < -0.39 is 35.6 Å². The van der Waals surface area contributed by atoms with Gasteiger partial charge in [0.25, 0.3) is 0 Å². The number of nitrogens with one attached hydrogen (secondary N) is 2. The van der Waals surface area contributed by atoms with Gasteiger partial charge < -0.3 is 20.3 Å². The van der Waals surface area contributed by atoms with Crippen LogP contribution in [0.25, 0.3) is 10.9 Å². The number of carboxylic acid groups (broad SMARTS) is 1. The monoisotopic (exact) mass is 455 g/mol. The highest BCUT2D eigenvalue weighted by atomic mass is 19.2. The number of amides is 2. The van der Waals surface area contributed by atoms with Gasteiger partial charge in [-0.15, -0.1) is 0 Å². The molecule has 1 aliphatic rings. The van der Waals surface area contributed by atoms with Crippen molar-refractivity contribution in [1.29, 1.82) is 0 Å². The van der Waals surface area contributed by atoms with Gasteiger partial charge in [-0.3, -0.25) is 9.59 Å². The van der Waals surface area contributed by atoms with E-state index in [1.54, 1.807) is 6.20 Å². The molecule has 2 atom stereocenters. The maximum Gasteiger partial charge on any atom is 0.326 e. The minimum atomic E-state index is -1.17. The van der Waals surface area contributed by atoms with E-state index in [1.807, 2.05) is 24.3 Å². The number of rotatable bonds is 8. The topological polar surface area (TPSA) is 103 Å². The first kappa shape index (κ1) is 22.4. The average Bonchev–Trinajstić information content (AvgIpc) is 3.35. The number of hydrogen-bond acceptors (Lipinski definition) is 3. The summed E-state index contributed by atoms with van der Waals surface area (Å²) < 4.78 is 27.6. The molecule has 172 valence electrons. The molecule has 9 heteroatoms. The van der Waals surface area contributed by atoms with Crippen LogP contribution in [0.3, 0.4) is 0 Å². The molecule has 2 aromatic carbocycles. The number of halogens is 2.